The molecule has 0 heterocycles. The Kier molecular flexibility index (Phi) is 52.9. The summed E-state index contributed by atoms with van der Waals surface area (Å²) in [5.74, 6) is -0.517. The summed E-state index contributed by atoms with van der Waals surface area (Å²) >= 11 is 0. The average Bonchev–Trinajstić information content (AvgIpc) is 3.37. The standard InChI is InChI=1S/C65H119N2O7P/c1-7-10-13-16-19-22-25-27-29-30-31-32-33-34-35-36-38-40-43-46-49-52-55-58-65(69)74-63(56-53-50-47-44-41-24-21-18-15-12-9-3)62(61-73-75(70,71)72-60-59-67(4,5)6)66-64(68)57-54-51-48-45-42-39-37-28-26-23-20-17-14-11-8-2/h11,14,17,19-20,22-23,26-27,29,53,56,62-63H,7-10,12-13,15-16,18,21,24-25,28,30-52,54-55,57-61H2,1-6H3,(H-,66,68,70,71)/p+1/b14-11+,20-17+,22-19-,26-23+,29-27-,56-53-. The summed E-state index contributed by atoms with van der Waals surface area (Å²) in [5, 5.41) is 3.05. The monoisotopic (exact) mass is 1070 g/mol. The smallest absolute Gasteiger partial charge is 0.456 e. The summed E-state index contributed by atoms with van der Waals surface area (Å²) < 4.78 is 30.7. The Morgan fingerprint density at radius 3 is 1.40 bits per heavy atom. The van der Waals surface area contributed by atoms with Crippen LogP contribution in [0.2, 0.25) is 0 Å². The molecule has 0 saturated heterocycles. The first-order valence-corrected chi connectivity index (χ1v) is 32.8. The molecule has 0 bridgehead atoms. The number of phosphoric acid groups is 1. The van der Waals surface area contributed by atoms with Gasteiger partial charge >= 0.3 is 13.8 Å². The number of amides is 1. The molecule has 0 aromatic heterocycles. The van der Waals surface area contributed by atoms with E-state index in [1.165, 1.54) is 161 Å². The van der Waals surface area contributed by atoms with Gasteiger partial charge < -0.3 is 19.4 Å². The Morgan fingerprint density at radius 2 is 0.907 bits per heavy atom. The minimum Gasteiger partial charge on any atom is -0.456 e. The van der Waals surface area contributed by atoms with Gasteiger partial charge in [-0.1, -0.05) is 255 Å². The quantitative estimate of drug-likeness (QED) is 0.0156. The van der Waals surface area contributed by atoms with Crippen molar-refractivity contribution in [2.24, 2.45) is 0 Å². The summed E-state index contributed by atoms with van der Waals surface area (Å²) in [5.41, 5.74) is 0. The minimum absolute atomic E-state index is 0.0357. The number of carbonyl (C=O) groups excluding carboxylic acids is 2. The van der Waals surface area contributed by atoms with Gasteiger partial charge in [-0.3, -0.25) is 18.6 Å². The van der Waals surface area contributed by atoms with Gasteiger partial charge in [0.15, 0.2) is 0 Å². The highest BCUT2D eigenvalue weighted by molar-refractivity contribution is 7.47. The van der Waals surface area contributed by atoms with Gasteiger partial charge in [-0.2, -0.15) is 0 Å². The Balaban J connectivity index is 5.14. The van der Waals surface area contributed by atoms with E-state index in [4.69, 9.17) is 13.8 Å². The molecule has 0 aliphatic rings. The fraction of sp³-hybridized carbons (Fsp3) is 0.785. The topological polar surface area (TPSA) is 111 Å². The second-order valence-corrected chi connectivity index (χ2v) is 23.7. The summed E-state index contributed by atoms with van der Waals surface area (Å²) in [6, 6.07) is -0.856. The van der Waals surface area contributed by atoms with Gasteiger partial charge in [-0.15, -0.1) is 0 Å². The first-order valence-electron chi connectivity index (χ1n) is 31.3. The molecule has 9 nitrogen and oxygen atoms in total. The first kappa shape index (κ1) is 72.5. The van der Waals surface area contributed by atoms with Crippen molar-refractivity contribution in [1.82, 2.24) is 5.32 Å². The van der Waals surface area contributed by atoms with Gasteiger partial charge in [-0.25, -0.2) is 4.57 Å². The van der Waals surface area contributed by atoms with Crippen molar-refractivity contribution < 1.29 is 37.3 Å². The van der Waals surface area contributed by atoms with Crippen molar-refractivity contribution in [2.75, 3.05) is 40.9 Å². The first-order chi connectivity index (χ1) is 36.4. The number of carbonyl (C=O) groups is 2. The maximum atomic E-state index is 13.5. The van der Waals surface area contributed by atoms with E-state index in [2.05, 4.69) is 86.8 Å². The molecule has 436 valence electrons. The fourth-order valence-corrected chi connectivity index (χ4v) is 9.59. The minimum atomic E-state index is -4.45. The SMILES string of the molecule is CC/C=C/C=C/C=C/CCCCCCCCCC(=O)NC(COP(=O)(O)OCC[N+](C)(C)C)C(/C=C\CCCCCCCCCCC)OC(=O)CCCCCCCCCCCCCCC/C=C\C/C=C\CCCCC. The third-order valence-corrected chi connectivity index (χ3v) is 14.7. The molecule has 1 amide bonds. The van der Waals surface area contributed by atoms with Gasteiger partial charge in [0.2, 0.25) is 5.91 Å². The lowest BCUT2D eigenvalue weighted by Gasteiger charge is -2.27. The van der Waals surface area contributed by atoms with Crippen molar-refractivity contribution >= 4 is 19.7 Å². The van der Waals surface area contributed by atoms with Crippen LogP contribution in [0.25, 0.3) is 0 Å². The van der Waals surface area contributed by atoms with E-state index in [9.17, 15) is 19.0 Å². The number of phosphoric ester groups is 1. The number of hydrogen-bond acceptors (Lipinski definition) is 6. The lowest BCUT2D eigenvalue weighted by molar-refractivity contribution is -0.870. The lowest BCUT2D eigenvalue weighted by atomic mass is 10.0. The van der Waals surface area contributed by atoms with E-state index in [0.29, 0.717) is 17.4 Å². The molecule has 0 fully saturated rings. The molecule has 2 N–H and O–H groups in total. The van der Waals surface area contributed by atoms with Crippen LogP contribution in [0.5, 0.6) is 0 Å². The van der Waals surface area contributed by atoms with Crippen LogP contribution in [0.1, 0.15) is 278 Å². The van der Waals surface area contributed by atoms with Crippen LogP contribution in [-0.2, 0) is 27.9 Å². The molecular weight excluding hydrogens is 952 g/mol. The Labute approximate surface area is 463 Å². The summed E-state index contributed by atoms with van der Waals surface area (Å²) in [6.07, 6.45) is 70.5. The summed E-state index contributed by atoms with van der Waals surface area (Å²) in [6.45, 7) is 6.85. The van der Waals surface area contributed by atoms with E-state index < -0.39 is 20.0 Å². The number of ether oxygens (including phenoxy) is 1. The van der Waals surface area contributed by atoms with Crippen molar-refractivity contribution in [3.63, 3.8) is 0 Å². The molecule has 10 heteroatoms. The highest BCUT2D eigenvalue weighted by Gasteiger charge is 2.30. The molecule has 0 spiro atoms. The number of esters is 1. The van der Waals surface area contributed by atoms with Crippen LogP contribution in [0.3, 0.4) is 0 Å². The number of likely N-dealkylation sites (N-methyl/N-ethyl adjacent to an activating group) is 1. The molecule has 3 unspecified atom stereocenters. The molecule has 0 aliphatic heterocycles. The number of hydrogen-bond donors (Lipinski definition) is 2. The molecule has 0 aromatic rings. The number of rotatable bonds is 56. The highest BCUT2D eigenvalue weighted by atomic mass is 31.2. The average molecular weight is 1070 g/mol. The fourth-order valence-electron chi connectivity index (χ4n) is 8.85. The van der Waals surface area contributed by atoms with Crippen molar-refractivity contribution in [1.29, 1.82) is 0 Å². The molecule has 3 atom stereocenters. The zero-order valence-corrected chi connectivity index (χ0v) is 50.7. The maximum Gasteiger partial charge on any atom is 0.472 e. The molecule has 0 radical (unpaired) electrons. The van der Waals surface area contributed by atoms with Crippen LogP contribution >= 0.6 is 7.82 Å². The van der Waals surface area contributed by atoms with E-state index in [1.54, 1.807) is 0 Å². The van der Waals surface area contributed by atoms with Crippen molar-refractivity contribution in [2.45, 2.75) is 290 Å². The molecule has 0 aliphatic carbocycles. The molecule has 75 heavy (non-hydrogen) atoms. The van der Waals surface area contributed by atoms with Gasteiger partial charge in [-0.05, 0) is 83.1 Å². The Bertz CT molecular complexity index is 1510. The largest absolute Gasteiger partial charge is 0.472 e. The van der Waals surface area contributed by atoms with Gasteiger partial charge in [0.1, 0.15) is 19.3 Å². The number of unbranched alkanes of at least 4 members (excludes halogenated alkanes) is 32. The van der Waals surface area contributed by atoms with E-state index in [1.807, 2.05) is 33.3 Å². The van der Waals surface area contributed by atoms with E-state index in [-0.39, 0.29) is 31.5 Å². The zero-order chi connectivity index (χ0) is 55.0. The number of nitrogens with one attached hydrogen (secondary N) is 1. The Hall–Kier alpha value is -2.55. The maximum absolute atomic E-state index is 13.5. The third kappa shape index (κ3) is 56.0. The molecular formula is C65H120N2O7P+. The Morgan fingerprint density at radius 1 is 0.493 bits per heavy atom. The lowest BCUT2D eigenvalue weighted by Crippen LogP contribution is -2.47. The molecule has 0 rings (SSSR count). The predicted molar refractivity (Wildman–Crippen MR) is 323 cm³/mol. The zero-order valence-electron chi connectivity index (χ0n) is 49.8. The number of nitrogens with zero attached hydrogens (tertiary/aromatic N) is 1. The molecule has 0 saturated carbocycles. The van der Waals surface area contributed by atoms with Gasteiger partial charge in [0.05, 0.1) is 33.8 Å². The number of allylic oxidation sites excluding steroid dienone is 11. The summed E-state index contributed by atoms with van der Waals surface area (Å²) in [4.78, 5) is 37.7. The normalized spacial score (nSPS) is 14.2. The van der Waals surface area contributed by atoms with E-state index in [0.717, 1.165) is 83.5 Å². The van der Waals surface area contributed by atoms with Crippen LogP contribution < -0.4 is 5.32 Å². The molecule has 0 aromatic carbocycles. The van der Waals surface area contributed by atoms with Crippen LogP contribution in [0.15, 0.2) is 72.9 Å². The van der Waals surface area contributed by atoms with Crippen LogP contribution in [0.4, 0.5) is 0 Å². The second-order valence-electron chi connectivity index (χ2n) is 22.3. The van der Waals surface area contributed by atoms with E-state index >= 15 is 0 Å². The summed E-state index contributed by atoms with van der Waals surface area (Å²) in [7, 11) is 1.48. The highest BCUT2D eigenvalue weighted by Crippen LogP contribution is 2.43. The second kappa shape index (κ2) is 54.8. The third-order valence-electron chi connectivity index (χ3n) is 13.7. The van der Waals surface area contributed by atoms with Gasteiger partial charge in [0.25, 0.3) is 0 Å². The van der Waals surface area contributed by atoms with Crippen LogP contribution in [0, 0.1) is 0 Å². The van der Waals surface area contributed by atoms with Gasteiger partial charge in [0, 0.05) is 12.8 Å². The van der Waals surface area contributed by atoms with Crippen molar-refractivity contribution in [3.8, 4) is 0 Å². The number of quaternary nitrogens is 1. The predicted octanol–water partition coefficient (Wildman–Crippen LogP) is 19.2. The van der Waals surface area contributed by atoms with Crippen LogP contribution in [-0.4, -0.2) is 74.3 Å². The van der Waals surface area contributed by atoms with Crippen molar-refractivity contribution in [3.05, 3.63) is 72.9 Å².